The number of ether oxygens (including phenoxy) is 2. The molecule has 1 atom stereocenters. The van der Waals surface area contributed by atoms with E-state index < -0.39 is 5.60 Å². The van der Waals surface area contributed by atoms with Crippen LogP contribution in [0.5, 0.6) is 5.75 Å². The van der Waals surface area contributed by atoms with E-state index in [1.165, 1.54) is 0 Å². The number of aromatic hydroxyl groups is 1. The minimum Gasteiger partial charge on any atom is -0.508 e. The second-order valence-corrected chi connectivity index (χ2v) is 6.44. The van der Waals surface area contributed by atoms with Crippen LogP contribution in [-0.4, -0.2) is 35.8 Å². The minimum atomic E-state index is -0.516. The van der Waals surface area contributed by atoms with Gasteiger partial charge in [0.15, 0.2) is 0 Å². The second kappa shape index (κ2) is 9.27. The third-order valence-electron chi connectivity index (χ3n) is 3.11. The zero-order chi connectivity index (χ0) is 18.2. The summed E-state index contributed by atoms with van der Waals surface area (Å²) < 4.78 is 10.2. The number of phenols is 1. The topological polar surface area (TPSA) is 84.9 Å². The molecule has 1 aromatic rings. The van der Waals surface area contributed by atoms with Crippen molar-refractivity contribution in [3.8, 4) is 5.75 Å². The van der Waals surface area contributed by atoms with Gasteiger partial charge in [-0.25, -0.2) is 0 Å². The molecule has 1 rings (SSSR count). The summed E-state index contributed by atoms with van der Waals surface area (Å²) in [6.45, 7) is 7.90. The van der Waals surface area contributed by atoms with Crippen LogP contribution in [0.3, 0.4) is 0 Å². The first-order valence-corrected chi connectivity index (χ1v) is 8.11. The van der Waals surface area contributed by atoms with Gasteiger partial charge in [-0.05, 0) is 45.4 Å². The zero-order valence-corrected chi connectivity index (χ0v) is 14.8. The number of hydrogen-bond acceptors (Lipinski definition) is 6. The lowest BCUT2D eigenvalue weighted by Crippen LogP contribution is -2.29. The molecule has 0 aliphatic carbocycles. The zero-order valence-electron chi connectivity index (χ0n) is 14.8. The van der Waals surface area contributed by atoms with Crippen molar-refractivity contribution < 1.29 is 24.2 Å². The van der Waals surface area contributed by atoms with Gasteiger partial charge in [0, 0.05) is 12.6 Å². The number of benzene rings is 1. The minimum absolute atomic E-state index is 0.146. The fourth-order valence-electron chi connectivity index (χ4n) is 2.14. The van der Waals surface area contributed by atoms with E-state index in [1.807, 2.05) is 20.8 Å². The monoisotopic (exact) mass is 337 g/mol. The third kappa shape index (κ3) is 7.97. The molecule has 0 aromatic heterocycles. The molecule has 0 saturated heterocycles. The maximum Gasteiger partial charge on any atom is 0.307 e. The molecule has 0 amide bonds. The summed E-state index contributed by atoms with van der Waals surface area (Å²) in [6, 6.07) is 6.29. The SMILES string of the molecule is CCOC(=O)CC(NCCC(=O)OC(C)(C)C)c1ccc(O)cc1. The smallest absolute Gasteiger partial charge is 0.307 e. The Hall–Kier alpha value is -2.08. The predicted octanol–water partition coefficient (Wildman–Crippen LogP) is 2.71. The number of rotatable bonds is 8. The number of carbonyl (C=O) groups excluding carboxylic acids is 2. The molecule has 0 saturated carbocycles. The number of phenolic OH excluding ortho intramolecular Hbond substituents is 1. The summed E-state index contributed by atoms with van der Waals surface area (Å²) in [4.78, 5) is 23.5. The summed E-state index contributed by atoms with van der Waals surface area (Å²) in [5.74, 6) is -0.460. The van der Waals surface area contributed by atoms with Gasteiger partial charge in [0.2, 0.25) is 0 Å². The average molecular weight is 337 g/mol. The fourth-order valence-corrected chi connectivity index (χ4v) is 2.14. The van der Waals surface area contributed by atoms with E-state index in [0.717, 1.165) is 5.56 Å². The first kappa shape index (κ1) is 20.0. The quantitative estimate of drug-likeness (QED) is 0.710. The van der Waals surface area contributed by atoms with Crippen molar-refractivity contribution in [2.75, 3.05) is 13.2 Å². The van der Waals surface area contributed by atoms with Crippen LogP contribution in [0, 0.1) is 0 Å². The van der Waals surface area contributed by atoms with Crippen LogP contribution in [-0.2, 0) is 19.1 Å². The molecule has 0 heterocycles. The van der Waals surface area contributed by atoms with Crippen molar-refractivity contribution in [3.05, 3.63) is 29.8 Å². The van der Waals surface area contributed by atoms with Crippen LogP contribution in [0.4, 0.5) is 0 Å². The van der Waals surface area contributed by atoms with Gasteiger partial charge in [0.05, 0.1) is 19.4 Å². The Kier molecular flexibility index (Phi) is 7.71. The van der Waals surface area contributed by atoms with Gasteiger partial charge in [-0.15, -0.1) is 0 Å². The van der Waals surface area contributed by atoms with Crippen LogP contribution in [0.1, 0.15) is 52.1 Å². The van der Waals surface area contributed by atoms with E-state index in [4.69, 9.17) is 9.47 Å². The molecule has 2 N–H and O–H groups in total. The van der Waals surface area contributed by atoms with Crippen LogP contribution in [0.2, 0.25) is 0 Å². The fraction of sp³-hybridized carbons (Fsp3) is 0.556. The Balaban J connectivity index is 2.63. The summed E-state index contributed by atoms with van der Waals surface area (Å²) in [7, 11) is 0. The van der Waals surface area contributed by atoms with Crippen LogP contribution in [0.25, 0.3) is 0 Å². The van der Waals surface area contributed by atoms with Gasteiger partial charge in [-0.3, -0.25) is 9.59 Å². The lowest BCUT2D eigenvalue weighted by molar-refractivity contribution is -0.154. The van der Waals surface area contributed by atoms with Gasteiger partial charge in [-0.1, -0.05) is 12.1 Å². The Bertz CT molecular complexity index is 533. The molecule has 134 valence electrons. The van der Waals surface area contributed by atoms with Crippen LogP contribution >= 0.6 is 0 Å². The van der Waals surface area contributed by atoms with Gasteiger partial charge < -0.3 is 19.9 Å². The Morgan fingerprint density at radius 3 is 2.33 bits per heavy atom. The van der Waals surface area contributed by atoms with E-state index in [9.17, 15) is 14.7 Å². The summed E-state index contributed by atoms with van der Waals surface area (Å²) >= 11 is 0. The third-order valence-corrected chi connectivity index (χ3v) is 3.11. The van der Waals surface area contributed by atoms with Crippen molar-refractivity contribution in [1.29, 1.82) is 0 Å². The van der Waals surface area contributed by atoms with Crippen molar-refractivity contribution in [1.82, 2.24) is 5.32 Å². The van der Waals surface area contributed by atoms with Crippen molar-refractivity contribution >= 4 is 11.9 Å². The van der Waals surface area contributed by atoms with Crippen molar-refractivity contribution in [3.63, 3.8) is 0 Å². The van der Waals surface area contributed by atoms with Crippen molar-refractivity contribution in [2.24, 2.45) is 0 Å². The number of hydrogen-bond donors (Lipinski definition) is 2. The Labute approximate surface area is 143 Å². The number of esters is 2. The van der Waals surface area contributed by atoms with Gasteiger partial charge in [0.1, 0.15) is 11.4 Å². The summed E-state index contributed by atoms with van der Waals surface area (Å²) in [6.07, 6.45) is 0.349. The first-order valence-electron chi connectivity index (χ1n) is 8.11. The van der Waals surface area contributed by atoms with E-state index in [0.29, 0.717) is 13.2 Å². The highest BCUT2D eigenvalue weighted by Gasteiger charge is 2.19. The van der Waals surface area contributed by atoms with E-state index in [1.54, 1.807) is 31.2 Å². The largest absolute Gasteiger partial charge is 0.508 e. The molecule has 0 aliphatic heterocycles. The Morgan fingerprint density at radius 1 is 1.17 bits per heavy atom. The molecule has 6 nitrogen and oxygen atoms in total. The average Bonchev–Trinajstić information content (AvgIpc) is 2.45. The first-order chi connectivity index (χ1) is 11.2. The van der Waals surface area contributed by atoms with Crippen molar-refractivity contribution in [2.45, 2.75) is 52.2 Å². The lowest BCUT2D eigenvalue weighted by Gasteiger charge is -2.21. The standard InChI is InChI=1S/C18H27NO5/c1-5-23-17(22)12-15(13-6-8-14(20)9-7-13)19-11-10-16(21)24-18(2,3)4/h6-9,15,19-20H,5,10-12H2,1-4H3. The molecular weight excluding hydrogens is 310 g/mol. The highest BCUT2D eigenvalue weighted by molar-refractivity contribution is 5.71. The number of carbonyl (C=O) groups is 2. The molecule has 0 aliphatic rings. The highest BCUT2D eigenvalue weighted by Crippen LogP contribution is 2.20. The van der Waals surface area contributed by atoms with Gasteiger partial charge in [-0.2, -0.15) is 0 Å². The molecular formula is C18H27NO5. The predicted molar refractivity (Wildman–Crippen MR) is 90.6 cm³/mol. The maximum atomic E-state index is 11.8. The number of nitrogens with one attached hydrogen (secondary N) is 1. The van der Waals surface area contributed by atoms with Crippen LogP contribution in [0.15, 0.2) is 24.3 Å². The molecule has 1 aromatic carbocycles. The van der Waals surface area contributed by atoms with Gasteiger partial charge in [0.25, 0.3) is 0 Å². The molecule has 0 fully saturated rings. The Morgan fingerprint density at radius 2 is 1.79 bits per heavy atom. The normalized spacial score (nSPS) is 12.5. The second-order valence-electron chi connectivity index (χ2n) is 6.44. The van der Waals surface area contributed by atoms with E-state index >= 15 is 0 Å². The van der Waals surface area contributed by atoms with E-state index in [2.05, 4.69) is 5.32 Å². The van der Waals surface area contributed by atoms with Gasteiger partial charge >= 0.3 is 11.9 Å². The molecule has 1 unspecified atom stereocenters. The highest BCUT2D eigenvalue weighted by atomic mass is 16.6. The lowest BCUT2D eigenvalue weighted by atomic mass is 10.0. The van der Waals surface area contributed by atoms with Crippen LogP contribution < -0.4 is 5.32 Å². The van der Waals surface area contributed by atoms with E-state index in [-0.39, 0.29) is 36.6 Å². The summed E-state index contributed by atoms with van der Waals surface area (Å²) in [5, 5.41) is 12.6. The molecule has 0 bridgehead atoms. The molecule has 0 spiro atoms. The maximum absolute atomic E-state index is 11.8. The summed E-state index contributed by atoms with van der Waals surface area (Å²) in [5.41, 5.74) is 0.322. The molecule has 0 radical (unpaired) electrons. The molecule has 6 heteroatoms. The molecule has 24 heavy (non-hydrogen) atoms.